The molecular formula is C30H36BrN3O4S. The molecule has 7 nitrogen and oxygen atoms in total. The van der Waals surface area contributed by atoms with Crippen molar-refractivity contribution in [3.63, 3.8) is 0 Å². The van der Waals surface area contributed by atoms with Gasteiger partial charge in [0.15, 0.2) is 0 Å². The molecule has 0 saturated carbocycles. The van der Waals surface area contributed by atoms with Gasteiger partial charge in [-0.25, -0.2) is 8.42 Å². The molecular weight excluding hydrogens is 578 g/mol. The normalized spacial score (nSPS) is 12.9. The molecule has 39 heavy (non-hydrogen) atoms. The Balaban J connectivity index is 2.03. The summed E-state index contributed by atoms with van der Waals surface area (Å²) in [6.07, 6.45) is 0.746. The minimum atomic E-state index is -4.10. The predicted molar refractivity (Wildman–Crippen MR) is 159 cm³/mol. The second kappa shape index (κ2) is 13.3. The lowest BCUT2D eigenvalue weighted by atomic mass is 10.1. The van der Waals surface area contributed by atoms with Crippen molar-refractivity contribution in [2.24, 2.45) is 0 Å². The molecule has 0 fully saturated rings. The van der Waals surface area contributed by atoms with Crippen LogP contribution in [0.3, 0.4) is 0 Å². The highest BCUT2D eigenvalue weighted by molar-refractivity contribution is 9.10. The van der Waals surface area contributed by atoms with Crippen LogP contribution >= 0.6 is 15.9 Å². The van der Waals surface area contributed by atoms with E-state index in [1.54, 1.807) is 43.3 Å². The van der Waals surface area contributed by atoms with E-state index in [0.29, 0.717) is 10.2 Å². The Kier molecular flexibility index (Phi) is 10.3. The van der Waals surface area contributed by atoms with Crippen LogP contribution < -0.4 is 9.62 Å². The van der Waals surface area contributed by atoms with Crippen molar-refractivity contribution in [2.45, 2.75) is 64.6 Å². The van der Waals surface area contributed by atoms with Gasteiger partial charge in [-0.2, -0.15) is 0 Å². The molecule has 0 bridgehead atoms. The van der Waals surface area contributed by atoms with Crippen molar-refractivity contribution in [1.82, 2.24) is 10.2 Å². The van der Waals surface area contributed by atoms with Gasteiger partial charge in [0.1, 0.15) is 12.6 Å². The number of carbonyl (C=O) groups is 2. The summed E-state index contributed by atoms with van der Waals surface area (Å²) in [4.78, 5) is 28.6. The number of aryl methyl sites for hydroxylation is 2. The van der Waals surface area contributed by atoms with Crippen LogP contribution in [0.1, 0.15) is 43.9 Å². The smallest absolute Gasteiger partial charge is 0.264 e. The standard InChI is InChI=1S/C30H36BrN3O4S/c1-6-23(4)32-30(36)24(5)33(19-25-10-7-9-22(3)17-25)29(35)20-34(27-12-8-11-26(31)18-27)39(37,38)28-15-13-21(2)14-16-28/h7-18,23-24H,6,19-20H2,1-5H3,(H,32,36)/t23-,24+/m0/s1. The number of halogens is 1. The van der Waals surface area contributed by atoms with Crippen molar-refractivity contribution in [2.75, 3.05) is 10.8 Å². The topological polar surface area (TPSA) is 86.8 Å². The van der Waals surface area contributed by atoms with Crippen molar-refractivity contribution in [3.05, 3.63) is 94.0 Å². The first-order chi connectivity index (χ1) is 18.4. The lowest BCUT2D eigenvalue weighted by molar-refractivity contribution is -0.139. The Morgan fingerprint density at radius 3 is 2.21 bits per heavy atom. The molecule has 0 aliphatic rings. The third-order valence-corrected chi connectivity index (χ3v) is 8.87. The number of nitrogens with zero attached hydrogens (tertiary/aromatic N) is 2. The second-order valence-corrected chi connectivity index (χ2v) is 12.6. The number of carbonyl (C=O) groups excluding carboxylic acids is 2. The summed E-state index contributed by atoms with van der Waals surface area (Å²) in [6.45, 7) is 9.06. The predicted octanol–water partition coefficient (Wildman–Crippen LogP) is 5.59. The fourth-order valence-corrected chi connectivity index (χ4v) is 5.85. The van der Waals surface area contributed by atoms with Crippen LogP contribution in [0.25, 0.3) is 0 Å². The zero-order valence-electron chi connectivity index (χ0n) is 23.0. The summed E-state index contributed by atoms with van der Waals surface area (Å²) in [5, 5.41) is 2.94. The van der Waals surface area contributed by atoms with Crippen LogP contribution in [-0.4, -0.2) is 43.8 Å². The highest BCUT2D eigenvalue weighted by atomic mass is 79.9. The maximum absolute atomic E-state index is 14.0. The third kappa shape index (κ3) is 7.92. The maximum Gasteiger partial charge on any atom is 0.264 e. The number of amides is 2. The first kappa shape index (κ1) is 30.4. The van der Waals surface area contributed by atoms with E-state index in [-0.39, 0.29) is 23.4 Å². The van der Waals surface area contributed by atoms with Gasteiger partial charge in [-0.15, -0.1) is 0 Å². The molecule has 2 amide bonds. The molecule has 3 aromatic carbocycles. The van der Waals surface area contributed by atoms with Gasteiger partial charge in [-0.05, 0) is 70.0 Å². The monoisotopic (exact) mass is 613 g/mol. The van der Waals surface area contributed by atoms with Crippen LogP contribution in [0.2, 0.25) is 0 Å². The van der Waals surface area contributed by atoms with E-state index < -0.39 is 28.5 Å². The highest BCUT2D eigenvalue weighted by Crippen LogP contribution is 2.27. The van der Waals surface area contributed by atoms with Crippen LogP contribution in [0.5, 0.6) is 0 Å². The van der Waals surface area contributed by atoms with Gasteiger partial charge in [0.2, 0.25) is 11.8 Å². The number of anilines is 1. The molecule has 0 aromatic heterocycles. The summed E-state index contributed by atoms with van der Waals surface area (Å²) in [5.74, 6) is -0.778. The molecule has 2 atom stereocenters. The first-order valence-electron chi connectivity index (χ1n) is 12.9. The maximum atomic E-state index is 14.0. The Hall–Kier alpha value is -3.17. The summed E-state index contributed by atoms with van der Waals surface area (Å²) in [5.41, 5.74) is 3.13. The Labute approximate surface area is 240 Å². The molecule has 9 heteroatoms. The second-order valence-electron chi connectivity index (χ2n) is 9.81. The lowest BCUT2D eigenvalue weighted by Crippen LogP contribution is -2.52. The van der Waals surface area contributed by atoms with E-state index in [0.717, 1.165) is 27.4 Å². The largest absolute Gasteiger partial charge is 0.352 e. The fourth-order valence-electron chi connectivity index (χ4n) is 4.05. The molecule has 0 aliphatic carbocycles. The van der Waals surface area contributed by atoms with Gasteiger partial charge < -0.3 is 10.2 Å². The zero-order valence-corrected chi connectivity index (χ0v) is 25.4. The minimum Gasteiger partial charge on any atom is -0.352 e. The SMILES string of the molecule is CC[C@H](C)NC(=O)[C@@H](C)N(Cc1cccc(C)c1)C(=O)CN(c1cccc(Br)c1)S(=O)(=O)c1ccc(C)cc1. The summed E-state index contributed by atoms with van der Waals surface area (Å²) in [6, 6.07) is 20.1. The number of benzene rings is 3. The number of hydrogen-bond acceptors (Lipinski definition) is 4. The lowest BCUT2D eigenvalue weighted by Gasteiger charge is -2.32. The Morgan fingerprint density at radius 1 is 0.923 bits per heavy atom. The first-order valence-corrected chi connectivity index (χ1v) is 15.2. The van der Waals surface area contributed by atoms with Gasteiger partial charge in [0.05, 0.1) is 10.6 Å². The minimum absolute atomic E-state index is 0.0593. The highest BCUT2D eigenvalue weighted by Gasteiger charge is 2.32. The average molecular weight is 615 g/mol. The quantitative estimate of drug-likeness (QED) is 0.305. The van der Waals surface area contributed by atoms with Gasteiger partial charge in [0, 0.05) is 17.1 Å². The molecule has 3 aromatic rings. The van der Waals surface area contributed by atoms with Crippen molar-refractivity contribution in [3.8, 4) is 0 Å². The molecule has 0 radical (unpaired) electrons. The van der Waals surface area contributed by atoms with Gasteiger partial charge in [-0.1, -0.05) is 76.4 Å². The van der Waals surface area contributed by atoms with E-state index in [1.165, 1.54) is 17.0 Å². The van der Waals surface area contributed by atoms with E-state index >= 15 is 0 Å². The van der Waals surface area contributed by atoms with E-state index in [1.807, 2.05) is 52.0 Å². The number of rotatable bonds is 11. The molecule has 0 spiro atoms. The molecule has 0 saturated heterocycles. The van der Waals surface area contributed by atoms with Crippen LogP contribution in [0.4, 0.5) is 5.69 Å². The molecule has 0 heterocycles. The molecule has 3 rings (SSSR count). The summed E-state index contributed by atoms with van der Waals surface area (Å²) < 4.78 is 29.5. The zero-order chi connectivity index (χ0) is 28.7. The van der Waals surface area contributed by atoms with Crippen LogP contribution in [0, 0.1) is 13.8 Å². The van der Waals surface area contributed by atoms with E-state index in [4.69, 9.17) is 0 Å². The van der Waals surface area contributed by atoms with Crippen LogP contribution in [0.15, 0.2) is 82.2 Å². The van der Waals surface area contributed by atoms with Gasteiger partial charge in [0.25, 0.3) is 10.0 Å². The third-order valence-electron chi connectivity index (χ3n) is 6.59. The van der Waals surface area contributed by atoms with E-state index in [9.17, 15) is 18.0 Å². The molecule has 0 unspecified atom stereocenters. The molecule has 0 aliphatic heterocycles. The Morgan fingerprint density at radius 2 is 1.59 bits per heavy atom. The van der Waals surface area contributed by atoms with Crippen molar-refractivity contribution in [1.29, 1.82) is 0 Å². The molecule has 1 N–H and O–H groups in total. The van der Waals surface area contributed by atoms with Gasteiger partial charge in [-0.3, -0.25) is 13.9 Å². The summed E-state index contributed by atoms with van der Waals surface area (Å²) >= 11 is 3.41. The average Bonchev–Trinajstić information content (AvgIpc) is 2.89. The van der Waals surface area contributed by atoms with Crippen molar-refractivity contribution < 1.29 is 18.0 Å². The number of hydrogen-bond donors (Lipinski definition) is 1. The van der Waals surface area contributed by atoms with E-state index in [2.05, 4.69) is 21.2 Å². The van der Waals surface area contributed by atoms with Crippen LogP contribution in [-0.2, 0) is 26.2 Å². The van der Waals surface area contributed by atoms with Crippen molar-refractivity contribution >= 4 is 43.5 Å². The Bertz CT molecular complexity index is 1410. The van der Waals surface area contributed by atoms with Gasteiger partial charge >= 0.3 is 0 Å². The fraction of sp³-hybridized carbons (Fsp3) is 0.333. The number of sulfonamides is 1. The number of nitrogens with one attached hydrogen (secondary N) is 1. The summed E-state index contributed by atoms with van der Waals surface area (Å²) in [7, 11) is -4.10. The molecule has 208 valence electrons.